The SMILES string of the molecule is C=Cc1ccc2c(c1)ncn2Cc1ccc2ncsc2c1. The lowest BCUT2D eigenvalue weighted by Crippen LogP contribution is -1.97. The minimum atomic E-state index is 0.817. The van der Waals surface area contributed by atoms with Gasteiger partial charge in [-0.2, -0.15) is 0 Å². The third-order valence-electron chi connectivity index (χ3n) is 3.63. The first-order chi connectivity index (χ1) is 10.3. The van der Waals surface area contributed by atoms with Crippen LogP contribution in [-0.4, -0.2) is 14.5 Å². The Morgan fingerprint density at radius 2 is 2.05 bits per heavy atom. The summed E-state index contributed by atoms with van der Waals surface area (Å²) in [5, 5.41) is 0. The highest BCUT2D eigenvalue weighted by atomic mass is 32.1. The van der Waals surface area contributed by atoms with E-state index in [0.29, 0.717) is 0 Å². The van der Waals surface area contributed by atoms with Crippen molar-refractivity contribution < 1.29 is 0 Å². The first-order valence-corrected chi connectivity index (χ1v) is 7.61. The van der Waals surface area contributed by atoms with Gasteiger partial charge in [-0.3, -0.25) is 0 Å². The van der Waals surface area contributed by atoms with Crippen molar-refractivity contribution in [1.82, 2.24) is 14.5 Å². The van der Waals surface area contributed by atoms with E-state index >= 15 is 0 Å². The van der Waals surface area contributed by atoms with E-state index in [1.807, 2.05) is 17.9 Å². The Kier molecular flexibility index (Phi) is 2.82. The molecule has 102 valence electrons. The standard InChI is InChI=1S/C17H13N3S/c1-2-12-4-6-16-15(7-12)18-10-20(16)9-13-3-5-14-17(8-13)21-11-19-14/h2-8,10-11H,1,9H2. The minimum Gasteiger partial charge on any atom is -0.326 e. The van der Waals surface area contributed by atoms with Crippen LogP contribution >= 0.6 is 11.3 Å². The lowest BCUT2D eigenvalue weighted by molar-refractivity contribution is 0.826. The van der Waals surface area contributed by atoms with Crippen molar-refractivity contribution in [3.8, 4) is 0 Å². The third kappa shape index (κ3) is 2.14. The zero-order chi connectivity index (χ0) is 14.2. The van der Waals surface area contributed by atoms with Crippen molar-refractivity contribution >= 4 is 38.7 Å². The van der Waals surface area contributed by atoms with Gasteiger partial charge in [0.15, 0.2) is 0 Å². The molecule has 0 aliphatic carbocycles. The summed E-state index contributed by atoms with van der Waals surface area (Å²) >= 11 is 1.68. The van der Waals surface area contributed by atoms with Gasteiger partial charge in [0.25, 0.3) is 0 Å². The number of benzene rings is 2. The zero-order valence-corrected chi connectivity index (χ0v) is 12.2. The van der Waals surface area contributed by atoms with Crippen LogP contribution in [0.2, 0.25) is 0 Å². The molecule has 2 aromatic heterocycles. The molecule has 0 saturated carbocycles. The van der Waals surface area contributed by atoms with Crippen molar-refractivity contribution in [2.45, 2.75) is 6.54 Å². The molecular formula is C17H13N3S. The summed E-state index contributed by atoms with van der Waals surface area (Å²) in [5.74, 6) is 0. The Morgan fingerprint density at radius 1 is 1.10 bits per heavy atom. The van der Waals surface area contributed by atoms with Gasteiger partial charge in [-0.1, -0.05) is 24.8 Å². The Labute approximate surface area is 126 Å². The van der Waals surface area contributed by atoms with Crippen LogP contribution in [0.3, 0.4) is 0 Å². The summed E-state index contributed by atoms with van der Waals surface area (Å²) in [7, 11) is 0. The highest BCUT2D eigenvalue weighted by Crippen LogP contribution is 2.21. The van der Waals surface area contributed by atoms with Crippen molar-refractivity contribution in [3.63, 3.8) is 0 Å². The molecule has 4 heteroatoms. The summed E-state index contributed by atoms with van der Waals surface area (Å²) < 4.78 is 3.40. The van der Waals surface area contributed by atoms with E-state index in [0.717, 1.165) is 28.7 Å². The maximum atomic E-state index is 4.48. The monoisotopic (exact) mass is 291 g/mol. The molecule has 3 nitrogen and oxygen atoms in total. The molecule has 0 aliphatic rings. The van der Waals surface area contributed by atoms with Crippen LogP contribution in [-0.2, 0) is 6.54 Å². The summed E-state index contributed by atoms with van der Waals surface area (Å²) in [6.07, 6.45) is 3.74. The maximum Gasteiger partial charge on any atom is 0.0961 e. The van der Waals surface area contributed by atoms with Gasteiger partial charge >= 0.3 is 0 Å². The average molecular weight is 291 g/mol. The lowest BCUT2D eigenvalue weighted by atomic mass is 10.2. The number of thiazole rings is 1. The number of hydrogen-bond acceptors (Lipinski definition) is 3. The van der Waals surface area contributed by atoms with Gasteiger partial charge in [-0.05, 0) is 35.4 Å². The quantitative estimate of drug-likeness (QED) is 0.562. The van der Waals surface area contributed by atoms with E-state index < -0.39 is 0 Å². The van der Waals surface area contributed by atoms with E-state index in [1.165, 1.54) is 10.3 Å². The van der Waals surface area contributed by atoms with Crippen LogP contribution in [0.15, 0.2) is 54.8 Å². The molecule has 21 heavy (non-hydrogen) atoms. The minimum absolute atomic E-state index is 0.817. The molecule has 0 aliphatic heterocycles. The van der Waals surface area contributed by atoms with Crippen molar-refractivity contribution in [3.05, 3.63) is 65.9 Å². The molecule has 0 saturated heterocycles. The van der Waals surface area contributed by atoms with E-state index in [-0.39, 0.29) is 0 Å². The van der Waals surface area contributed by atoms with E-state index in [4.69, 9.17) is 0 Å². The summed E-state index contributed by atoms with van der Waals surface area (Å²) in [5.41, 5.74) is 7.46. The largest absolute Gasteiger partial charge is 0.326 e. The number of nitrogens with zero attached hydrogens (tertiary/aromatic N) is 3. The topological polar surface area (TPSA) is 30.7 Å². The van der Waals surface area contributed by atoms with Gasteiger partial charge in [0.2, 0.25) is 0 Å². The van der Waals surface area contributed by atoms with E-state index in [2.05, 4.69) is 57.5 Å². The van der Waals surface area contributed by atoms with Crippen LogP contribution in [0.4, 0.5) is 0 Å². The van der Waals surface area contributed by atoms with Gasteiger partial charge in [0.05, 0.1) is 33.1 Å². The molecule has 0 spiro atoms. The van der Waals surface area contributed by atoms with Gasteiger partial charge in [0.1, 0.15) is 0 Å². The maximum absolute atomic E-state index is 4.48. The summed E-state index contributed by atoms with van der Waals surface area (Å²) in [6.45, 7) is 4.61. The number of imidazole rings is 1. The predicted molar refractivity (Wildman–Crippen MR) is 88.5 cm³/mol. The van der Waals surface area contributed by atoms with Gasteiger partial charge in [-0.25, -0.2) is 9.97 Å². The normalized spacial score (nSPS) is 11.2. The average Bonchev–Trinajstić information content (AvgIpc) is 3.13. The van der Waals surface area contributed by atoms with Crippen LogP contribution < -0.4 is 0 Å². The second-order valence-corrected chi connectivity index (χ2v) is 5.87. The van der Waals surface area contributed by atoms with E-state index in [1.54, 1.807) is 11.3 Å². The second-order valence-electron chi connectivity index (χ2n) is 4.98. The molecule has 0 radical (unpaired) electrons. The molecule has 2 heterocycles. The highest BCUT2D eigenvalue weighted by Gasteiger charge is 2.05. The molecule has 4 aromatic rings. The van der Waals surface area contributed by atoms with Crippen molar-refractivity contribution in [2.75, 3.05) is 0 Å². The van der Waals surface area contributed by atoms with Gasteiger partial charge in [0, 0.05) is 6.54 Å². The highest BCUT2D eigenvalue weighted by molar-refractivity contribution is 7.16. The second kappa shape index (κ2) is 4.82. The molecule has 0 fully saturated rings. The van der Waals surface area contributed by atoms with Crippen molar-refractivity contribution in [1.29, 1.82) is 0 Å². The Bertz CT molecular complexity index is 949. The predicted octanol–water partition coefficient (Wildman–Crippen LogP) is 4.34. The Hall–Kier alpha value is -2.46. The van der Waals surface area contributed by atoms with Gasteiger partial charge in [-0.15, -0.1) is 11.3 Å². The summed E-state index contributed by atoms with van der Waals surface area (Å²) in [6, 6.07) is 12.6. The molecule has 0 amide bonds. The Morgan fingerprint density at radius 3 is 2.95 bits per heavy atom. The fourth-order valence-electron chi connectivity index (χ4n) is 2.53. The first kappa shape index (κ1) is 12.3. The molecule has 0 bridgehead atoms. The fraction of sp³-hybridized carbons (Fsp3) is 0.0588. The number of fused-ring (bicyclic) bond motifs is 2. The molecular weight excluding hydrogens is 278 g/mol. The van der Waals surface area contributed by atoms with Crippen LogP contribution in [0.5, 0.6) is 0 Å². The van der Waals surface area contributed by atoms with Crippen LogP contribution in [0, 0.1) is 0 Å². The summed E-state index contributed by atoms with van der Waals surface area (Å²) in [4.78, 5) is 8.80. The van der Waals surface area contributed by atoms with Crippen molar-refractivity contribution in [2.24, 2.45) is 0 Å². The van der Waals surface area contributed by atoms with Gasteiger partial charge < -0.3 is 4.57 Å². The molecule has 4 rings (SSSR count). The van der Waals surface area contributed by atoms with E-state index in [9.17, 15) is 0 Å². The van der Waals surface area contributed by atoms with Crippen LogP contribution in [0.25, 0.3) is 27.3 Å². The Balaban J connectivity index is 1.74. The molecule has 2 aromatic carbocycles. The number of aromatic nitrogens is 3. The number of rotatable bonds is 3. The number of hydrogen-bond donors (Lipinski definition) is 0. The smallest absolute Gasteiger partial charge is 0.0961 e. The zero-order valence-electron chi connectivity index (χ0n) is 11.4. The lowest BCUT2D eigenvalue weighted by Gasteiger charge is -2.05. The molecule has 0 unspecified atom stereocenters. The molecule has 0 N–H and O–H groups in total. The fourth-order valence-corrected chi connectivity index (χ4v) is 3.27. The molecule has 0 atom stereocenters. The third-order valence-corrected chi connectivity index (χ3v) is 4.42. The van der Waals surface area contributed by atoms with Crippen LogP contribution in [0.1, 0.15) is 11.1 Å². The first-order valence-electron chi connectivity index (χ1n) is 6.73.